The fourth-order valence-electron chi connectivity index (χ4n) is 2.80. The number of benzene rings is 1. The van der Waals surface area contributed by atoms with Crippen LogP contribution in [0.25, 0.3) is 10.2 Å². The van der Waals surface area contributed by atoms with E-state index in [1.165, 1.54) is 0 Å². The second-order valence-corrected chi connectivity index (χ2v) is 6.48. The van der Waals surface area contributed by atoms with Crippen LogP contribution in [0.5, 0.6) is 0 Å². The molecule has 1 aliphatic heterocycles. The van der Waals surface area contributed by atoms with Crippen LogP contribution in [0.3, 0.4) is 0 Å². The Kier molecular flexibility index (Phi) is 3.33. The van der Waals surface area contributed by atoms with Crippen molar-refractivity contribution in [3.8, 4) is 0 Å². The van der Waals surface area contributed by atoms with Gasteiger partial charge in [0.05, 0.1) is 26.6 Å². The minimum absolute atomic E-state index is 0.258. The summed E-state index contributed by atoms with van der Waals surface area (Å²) in [6.07, 6.45) is 2.21. The molecule has 5 heteroatoms. The number of anilines is 2. The summed E-state index contributed by atoms with van der Waals surface area (Å²) >= 11 is 1.68. The lowest BCUT2D eigenvalue weighted by atomic mass is 9.98. The van der Waals surface area contributed by atoms with Crippen LogP contribution in [0.15, 0.2) is 12.1 Å². The van der Waals surface area contributed by atoms with Gasteiger partial charge in [0.2, 0.25) is 0 Å². The normalized spacial score (nSPS) is 20.1. The van der Waals surface area contributed by atoms with Gasteiger partial charge in [-0.1, -0.05) is 0 Å². The highest BCUT2D eigenvalue weighted by atomic mass is 32.1. The molecule has 0 aliphatic carbocycles. The van der Waals surface area contributed by atoms with Gasteiger partial charge < -0.3 is 15.7 Å². The number of thiazole rings is 1. The maximum absolute atomic E-state index is 9.33. The Labute approximate surface area is 116 Å². The molecule has 2 heterocycles. The zero-order valence-corrected chi connectivity index (χ0v) is 11.9. The molecule has 2 aromatic rings. The van der Waals surface area contributed by atoms with Crippen LogP contribution in [0.2, 0.25) is 0 Å². The first kappa shape index (κ1) is 12.7. The molecule has 0 radical (unpaired) electrons. The van der Waals surface area contributed by atoms with Crippen LogP contribution in [0, 0.1) is 12.8 Å². The molecule has 1 unspecified atom stereocenters. The van der Waals surface area contributed by atoms with Crippen LogP contribution < -0.4 is 10.6 Å². The molecular weight excluding hydrogens is 258 g/mol. The molecular formula is C14H19N3OS. The molecule has 0 saturated carbocycles. The maximum atomic E-state index is 9.33. The summed E-state index contributed by atoms with van der Waals surface area (Å²) in [7, 11) is 0. The van der Waals surface area contributed by atoms with E-state index in [1.54, 1.807) is 11.3 Å². The predicted molar refractivity (Wildman–Crippen MR) is 80.8 cm³/mol. The van der Waals surface area contributed by atoms with E-state index in [0.717, 1.165) is 52.5 Å². The van der Waals surface area contributed by atoms with E-state index in [4.69, 9.17) is 5.73 Å². The number of nitrogens with zero attached hydrogens (tertiary/aromatic N) is 2. The van der Waals surface area contributed by atoms with Crippen LogP contribution >= 0.6 is 11.3 Å². The minimum atomic E-state index is 0.258. The predicted octanol–water partition coefficient (Wildman–Crippen LogP) is 2.40. The number of aliphatic hydroxyl groups excluding tert-OH is 1. The standard InChI is InChI=1S/C14H19N3OS/c1-9-16-12-6-13(11(15)5-14(12)19-9)17-4-2-3-10(7-17)8-18/h5-6,10,18H,2-4,7-8,15H2,1H3. The second kappa shape index (κ2) is 4.98. The smallest absolute Gasteiger partial charge is 0.0907 e. The molecule has 1 aliphatic rings. The van der Waals surface area contributed by atoms with Crippen molar-refractivity contribution >= 4 is 32.9 Å². The second-order valence-electron chi connectivity index (χ2n) is 5.25. The van der Waals surface area contributed by atoms with Crippen molar-refractivity contribution in [2.24, 2.45) is 5.92 Å². The van der Waals surface area contributed by atoms with Crippen LogP contribution in [-0.4, -0.2) is 29.8 Å². The molecule has 0 amide bonds. The molecule has 3 N–H and O–H groups in total. The number of aryl methyl sites for hydroxylation is 1. The number of aromatic nitrogens is 1. The third-order valence-corrected chi connectivity index (χ3v) is 4.70. The summed E-state index contributed by atoms with van der Waals surface area (Å²) in [6.45, 7) is 4.17. The lowest BCUT2D eigenvalue weighted by molar-refractivity contribution is 0.209. The number of piperidine rings is 1. The van der Waals surface area contributed by atoms with Gasteiger partial charge in [-0.15, -0.1) is 11.3 Å². The van der Waals surface area contributed by atoms with Gasteiger partial charge in [-0.25, -0.2) is 4.98 Å². The minimum Gasteiger partial charge on any atom is -0.397 e. The number of rotatable bonds is 2. The summed E-state index contributed by atoms with van der Waals surface area (Å²) in [5, 5.41) is 10.4. The lowest BCUT2D eigenvalue weighted by Gasteiger charge is -2.34. The average Bonchev–Trinajstić information content (AvgIpc) is 2.77. The Morgan fingerprint density at radius 3 is 3.16 bits per heavy atom. The number of aliphatic hydroxyl groups is 1. The first-order chi connectivity index (χ1) is 9.17. The van der Waals surface area contributed by atoms with Gasteiger partial charge in [0.15, 0.2) is 0 Å². The van der Waals surface area contributed by atoms with Crippen LogP contribution in [-0.2, 0) is 0 Å². The van der Waals surface area contributed by atoms with E-state index in [2.05, 4.69) is 16.0 Å². The van der Waals surface area contributed by atoms with E-state index >= 15 is 0 Å². The van der Waals surface area contributed by atoms with Gasteiger partial charge in [-0.2, -0.15) is 0 Å². The Hall–Kier alpha value is -1.33. The zero-order valence-electron chi connectivity index (χ0n) is 11.1. The van der Waals surface area contributed by atoms with Gasteiger partial charge in [0, 0.05) is 19.7 Å². The monoisotopic (exact) mass is 277 g/mol. The Morgan fingerprint density at radius 1 is 1.53 bits per heavy atom. The quantitative estimate of drug-likeness (QED) is 0.827. The van der Waals surface area contributed by atoms with Crippen LogP contribution in [0.4, 0.5) is 11.4 Å². The van der Waals surface area contributed by atoms with Gasteiger partial charge in [0.1, 0.15) is 0 Å². The first-order valence-electron chi connectivity index (χ1n) is 6.70. The Bertz CT molecular complexity index is 596. The van der Waals surface area contributed by atoms with Crippen molar-refractivity contribution in [1.82, 2.24) is 4.98 Å². The number of nitrogen functional groups attached to an aromatic ring is 1. The van der Waals surface area contributed by atoms with E-state index in [0.29, 0.717) is 5.92 Å². The molecule has 1 atom stereocenters. The molecule has 0 bridgehead atoms. The van der Waals surface area contributed by atoms with E-state index in [1.807, 2.05) is 13.0 Å². The summed E-state index contributed by atoms with van der Waals surface area (Å²) in [4.78, 5) is 6.82. The molecule has 3 rings (SSSR count). The average molecular weight is 277 g/mol. The molecule has 19 heavy (non-hydrogen) atoms. The maximum Gasteiger partial charge on any atom is 0.0907 e. The molecule has 1 fully saturated rings. The van der Waals surface area contributed by atoms with Gasteiger partial charge in [-0.05, 0) is 37.8 Å². The summed E-state index contributed by atoms with van der Waals surface area (Å²) in [5.74, 6) is 0.362. The van der Waals surface area contributed by atoms with E-state index in [-0.39, 0.29) is 6.61 Å². The van der Waals surface area contributed by atoms with Gasteiger partial charge in [-0.3, -0.25) is 0 Å². The van der Waals surface area contributed by atoms with Gasteiger partial charge >= 0.3 is 0 Å². The third-order valence-electron chi connectivity index (χ3n) is 3.76. The van der Waals surface area contributed by atoms with Crippen molar-refractivity contribution in [3.05, 3.63) is 17.1 Å². The largest absolute Gasteiger partial charge is 0.397 e. The van der Waals surface area contributed by atoms with E-state index < -0.39 is 0 Å². The van der Waals surface area contributed by atoms with Crippen molar-refractivity contribution in [2.75, 3.05) is 30.3 Å². The van der Waals surface area contributed by atoms with E-state index in [9.17, 15) is 5.11 Å². The fraction of sp³-hybridized carbons (Fsp3) is 0.500. The van der Waals surface area contributed by atoms with Crippen molar-refractivity contribution in [2.45, 2.75) is 19.8 Å². The Morgan fingerprint density at radius 2 is 2.37 bits per heavy atom. The highest BCUT2D eigenvalue weighted by Gasteiger charge is 2.21. The number of fused-ring (bicyclic) bond motifs is 1. The number of hydrogen-bond acceptors (Lipinski definition) is 5. The third kappa shape index (κ3) is 2.40. The molecule has 102 valence electrons. The topological polar surface area (TPSA) is 62.4 Å². The van der Waals surface area contributed by atoms with Crippen molar-refractivity contribution in [1.29, 1.82) is 0 Å². The van der Waals surface area contributed by atoms with Crippen LogP contribution in [0.1, 0.15) is 17.8 Å². The molecule has 4 nitrogen and oxygen atoms in total. The van der Waals surface area contributed by atoms with Crippen molar-refractivity contribution < 1.29 is 5.11 Å². The molecule has 0 spiro atoms. The zero-order chi connectivity index (χ0) is 13.4. The number of hydrogen-bond donors (Lipinski definition) is 2. The first-order valence-corrected chi connectivity index (χ1v) is 7.51. The SMILES string of the molecule is Cc1nc2cc(N3CCCC(CO)C3)c(N)cc2s1. The molecule has 1 aromatic heterocycles. The highest BCUT2D eigenvalue weighted by Crippen LogP contribution is 2.34. The van der Waals surface area contributed by atoms with Crippen molar-refractivity contribution in [3.63, 3.8) is 0 Å². The summed E-state index contributed by atoms with van der Waals surface area (Å²) in [6, 6.07) is 4.12. The lowest BCUT2D eigenvalue weighted by Crippen LogP contribution is -2.37. The fourth-order valence-corrected chi connectivity index (χ4v) is 3.66. The highest BCUT2D eigenvalue weighted by molar-refractivity contribution is 7.18. The summed E-state index contributed by atoms with van der Waals surface area (Å²) in [5.41, 5.74) is 9.09. The molecule has 1 saturated heterocycles. The van der Waals surface area contributed by atoms with Gasteiger partial charge in [0.25, 0.3) is 0 Å². The Balaban J connectivity index is 1.96. The summed E-state index contributed by atoms with van der Waals surface area (Å²) < 4.78 is 1.15. The number of nitrogens with two attached hydrogens (primary N) is 1. The molecule has 1 aromatic carbocycles.